The smallest absolute Gasteiger partial charge is 0.412 e. The van der Waals surface area contributed by atoms with Crippen LogP contribution in [0.25, 0.3) is 0 Å². The maximum Gasteiger partial charge on any atom is 0.469 e. The molecule has 0 aromatic carbocycles. The van der Waals surface area contributed by atoms with Gasteiger partial charge in [0.1, 0.15) is 0 Å². The molecule has 8 heteroatoms. The van der Waals surface area contributed by atoms with Gasteiger partial charge in [0.2, 0.25) is 0 Å². The van der Waals surface area contributed by atoms with E-state index in [1.54, 1.807) is 0 Å². The monoisotopic (exact) mass is 180 g/mol. The Morgan fingerprint density at radius 1 is 1.30 bits per heavy atom. The number of phosphoric acid groups is 1. The summed E-state index contributed by atoms with van der Waals surface area (Å²) in [6, 6.07) is 0. The van der Waals surface area contributed by atoms with E-state index in [1.165, 1.54) is 6.92 Å². The van der Waals surface area contributed by atoms with E-state index in [0.29, 0.717) is 0 Å². The van der Waals surface area contributed by atoms with Crippen molar-refractivity contribution in [3.8, 4) is 0 Å². The molecule has 0 radical (unpaired) electrons. The highest BCUT2D eigenvalue weighted by Gasteiger charge is 2.10. The van der Waals surface area contributed by atoms with Crippen molar-refractivity contribution in [2.24, 2.45) is 0 Å². The average molecular weight is 180 g/mol. The lowest BCUT2D eigenvalue weighted by Crippen LogP contribution is -1.84. The van der Waals surface area contributed by atoms with E-state index in [4.69, 9.17) is 9.79 Å². The molecule has 0 rings (SSSR count). The second kappa shape index (κ2) is 8.99. The Morgan fingerprint density at radius 2 is 1.60 bits per heavy atom. The van der Waals surface area contributed by atoms with Crippen LogP contribution in [0.5, 0.6) is 0 Å². The zero-order valence-corrected chi connectivity index (χ0v) is 6.26. The molecule has 0 aliphatic rings. The van der Waals surface area contributed by atoms with Crippen molar-refractivity contribution in [1.82, 2.24) is 0 Å². The highest BCUT2D eigenvalue weighted by atomic mass is 31.2. The summed E-state index contributed by atoms with van der Waals surface area (Å²) in [6.07, 6.45) is 0. The van der Waals surface area contributed by atoms with Crippen molar-refractivity contribution in [2.75, 3.05) is 6.61 Å². The van der Waals surface area contributed by atoms with Crippen molar-refractivity contribution in [3.63, 3.8) is 0 Å². The Morgan fingerprint density at radius 3 is 1.60 bits per heavy atom. The van der Waals surface area contributed by atoms with Crippen LogP contribution in [-0.4, -0.2) is 32.8 Å². The first-order valence-electron chi connectivity index (χ1n) is 1.76. The molecule has 0 unspecified atom stereocenters. The summed E-state index contributed by atoms with van der Waals surface area (Å²) >= 11 is 0. The third-order valence-corrected chi connectivity index (χ3v) is 0.892. The fraction of sp³-hybridized carbons (Fsp3) is 1.00. The Balaban J connectivity index is -0.0000000600. The molecule has 0 aliphatic carbocycles. The van der Waals surface area contributed by atoms with Crippen LogP contribution in [-0.2, 0) is 9.09 Å². The van der Waals surface area contributed by atoms with Crippen LogP contribution in [0, 0.1) is 0 Å². The SMILES string of the molecule is CCOP(=O)(O)O.O.O.O. The topological polar surface area (TPSA) is 161 Å². The van der Waals surface area contributed by atoms with Gasteiger partial charge in [0.25, 0.3) is 0 Å². The van der Waals surface area contributed by atoms with Crippen LogP contribution >= 0.6 is 7.82 Å². The molecule has 0 aromatic heterocycles. The molecule has 8 N–H and O–H groups in total. The maximum atomic E-state index is 9.70. The molecular weight excluding hydrogens is 167 g/mol. The van der Waals surface area contributed by atoms with E-state index in [0.717, 1.165) is 0 Å². The summed E-state index contributed by atoms with van der Waals surface area (Å²) in [5.74, 6) is 0. The molecule has 0 amide bonds. The quantitative estimate of drug-likeness (QED) is 0.454. The normalized spacial score (nSPS) is 8.30. The van der Waals surface area contributed by atoms with Gasteiger partial charge in [0, 0.05) is 0 Å². The minimum absolute atomic E-state index is 0. The zero-order valence-electron chi connectivity index (χ0n) is 5.37. The molecule has 0 saturated heterocycles. The lowest BCUT2D eigenvalue weighted by Gasteiger charge is -1.98. The van der Waals surface area contributed by atoms with Crippen LogP contribution in [0.3, 0.4) is 0 Å². The van der Waals surface area contributed by atoms with Gasteiger partial charge < -0.3 is 26.2 Å². The number of hydrogen-bond acceptors (Lipinski definition) is 2. The minimum Gasteiger partial charge on any atom is -0.412 e. The van der Waals surface area contributed by atoms with E-state index in [1.807, 2.05) is 0 Å². The van der Waals surface area contributed by atoms with Crippen molar-refractivity contribution < 1.29 is 35.3 Å². The highest BCUT2D eigenvalue weighted by Crippen LogP contribution is 2.34. The predicted molar refractivity (Wildman–Crippen MR) is 34.5 cm³/mol. The van der Waals surface area contributed by atoms with Gasteiger partial charge in [-0.3, -0.25) is 4.52 Å². The van der Waals surface area contributed by atoms with Crippen LogP contribution in [0.1, 0.15) is 6.92 Å². The van der Waals surface area contributed by atoms with Gasteiger partial charge >= 0.3 is 7.82 Å². The maximum absolute atomic E-state index is 9.70. The molecule has 7 nitrogen and oxygen atoms in total. The largest absolute Gasteiger partial charge is 0.469 e. The lowest BCUT2D eigenvalue weighted by molar-refractivity contribution is 0.206. The molecule has 0 bridgehead atoms. The Kier molecular flexibility index (Phi) is 20.2. The first-order valence-corrected chi connectivity index (χ1v) is 3.29. The van der Waals surface area contributed by atoms with Gasteiger partial charge in [0.05, 0.1) is 6.61 Å². The van der Waals surface area contributed by atoms with Gasteiger partial charge in [-0.25, -0.2) is 4.57 Å². The Labute approximate surface area is 57.8 Å². The van der Waals surface area contributed by atoms with Gasteiger partial charge in [-0.1, -0.05) is 0 Å². The summed E-state index contributed by atoms with van der Waals surface area (Å²) in [6.45, 7) is 1.56. The van der Waals surface area contributed by atoms with E-state index >= 15 is 0 Å². The molecule has 0 aliphatic heterocycles. The van der Waals surface area contributed by atoms with Gasteiger partial charge in [-0.15, -0.1) is 0 Å². The first kappa shape index (κ1) is 22.5. The minimum atomic E-state index is -4.17. The predicted octanol–water partition coefficient (Wildman–Crippen LogP) is -2.36. The summed E-state index contributed by atoms with van der Waals surface area (Å²) in [4.78, 5) is 15.8. The Hall–Kier alpha value is -0.0100. The molecule has 0 heterocycles. The second-order valence-electron chi connectivity index (χ2n) is 0.908. The first-order chi connectivity index (χ1) is 3.06. The zero-order chi connectivity index (χ0) is 5.91. The van der Waals surface area contributed by atoms with E-state index < -0.39 is 7.82 Å². The molecular formula is C2H13O7P. The van der Waals surface area contributed by atoms with E-state index in [2.05, 4.69) is 4.52 Å². The molecule has 0 saturated carbocycles. The molecule has 10 heavy (non-hydrogen) atoms. The number of rotatable bonds is 2. The van der Waals surface area contributed by atoms with Gasteiger partial charge in [-0.05, 0) is 6.92 Å². The lowest BCUT2D eigenvalue weighted by atomic mass is 10.9. The molecule has 0 atom stereocenters. The van der Waals surface area contributed by atoms with Crippen LogP contribution in [0.2, 0.25) is 0 Å². The average Bonchev–Trinajstić information content (AvgIpc) is 1.30. The van der Waals surface area contributed by atoms with Crippen LogP contribution < -0.4 is 0 Å². The molecule has 0 aromatic rings. The molecule has 68 valence electrons. The summed E-state index contributed by atoms with van der Waals surface area (Å²) in [5, 5.41) is 0. The second-order valence-corrected chi connectivity index (χ2v) is 2.15. The van der Waals surface area contributed by atoms with Crippen molar-refractivity contribution in [2.45, 2.75) is 6.92 Å². The summed E-state index contributed by atoms with van der Waals surface area (Å²) < 4.78 is 13.6. The fourth-order valence-electron chi connectivity index (χ4n) is 0.168. The summed E-state index contributed by atoms with van der Waals surface area (Å²) in [5.41, 5.74) is 0. The summed E-state index contributed by atoms with van der Waals surface area (Å²) in [7, 11) is -4.17. The standard InChI is InChI=1S/C2H7O4P.3H2O/c1-2-6-7(3,4)5;;;/h2H2,1H3,(H2,3,4,5);3*1H2. The molecule has 0 spiro atoms. The van der Waals surface area contributed by atoms with Gasteiger partial charge in [-0.2, -0.15) is 0 Å². The number of phosphoric ester groups is 1. The van der Waals surface area contributed by atoms with E-state index in [-0.39, 0.29) is 23.0 Å². The van der Waals surface area contributed by atoms with Crippen molar-refractivity contribution >= 4 is 7.82 Å². The van der Waals surface area contributed by atoms with Crippen LogP contribution in [0.4, 0.5) is 0 Å². The molecule has 0 fully saturated rings. The highest BCUT2D eigenvalue weighted by molar-refractivity contribution is 7.46. The third-order valence-electron chi connectivity index (χ3n) is 0.297. The Bertz CT molecular complexity index is 85.6. The number of hydrogen-bond donors (Lipinski definition) is 2. The van der Waals surface area contributed by atoms with Crippen molar-refractivity contribution in [3.05, 3.63) is 0 Å². The van der Waals surface area contributed by atoms with Crippen LogP contribution in [0.15, 0.2) is 0 Å². The van der Waals surface area contributed by atoms with Crippen molar-refractivity contribution in [1.29, 1.82) is 0 Å². The van der Waals surface area contributed by atoms with E-state index in [9.17, 15) is 4.57 Å². The van der Waals surface area contributed by atoms with Gasteiger partial charge in [0.15, 0.2) is 0 Å². The fourth-order valence-corrected chi connectivity index (χ4v) is 0.505. The third kappa shape index (κ3) is 24.5.